The molecule has 2 saturated heterocycles. The molecule has 4 rings (SSSR count). The highest BCUT2D eigenvalue weighted by molar-refractivity contribution is 14.1. The van der Waals surface area contributed by atoms with Crippen LogP contribution >= 0.6 is 45.8 Å². The van der Waals surface area contributed by atoms with Gasteiger partial charge in [0.25, 0.3) is 0 Å². The van der Waals surface area contributed by atoms with Gasteiger partial charge in [0.1, 0.15) is 47.8 Å². The first-order valence-corrected chi connectivity index (χ1v) is 36.8. The van der Waals surface area contributed by atoms with Crippen LogP contribution in [0.4, 0.5) is 0 Å². The quantitative estimate of drug-likeness (QED) is 0.123. The van der Waals surface area contributed by atoms with Gasteiger partial charge in [-0.2, -0.15) is 0 Å². The van der Waals surface area contributed by atoms with E-state index >= 15 is 9.59 Å². The van der Waals surface area contributed by atoms with E-state index in [1.807, 2.05) is 41.5 Å². The predicted molar refractivity (Wildman–Crippen MR) is 376 cm³/mol. The molecular weight excluding hydrogens is 1370 g/mol. The van der Waals surface area contributed by atoms with E-state index < -0.39 is 151 Å². The van der Waals surface area contributed by atoms with Gasteiger partial charge in [0, 0.05) is 77.1 Å². The molecule has 2 aliphatic carbocycles. The number of nitrogens with zero attached hydrogens (tertiary/aromatic N) is 8. The predicted octanol–water partition coefficient (Wildman–Crippen LogP) is 5.55. The number of likely N-dealkylation sites (N-methyl/N-ethyl adjacent to an activating group) is 7. The van der Waals surface area contributed by atoms with Crippen LogP contribution in [-0.2, 0) is 57.5 Å². The molecule has 4 fully saturated rings. The normalized spacial score (nSPS) is 29.8. The van der Waals surface area contributed by atoms with Gasteiger partial charge in [-0.1, -0.05) is 90.3 Å². The van der Waals surface area contributed by atoms with Crippen molar-refractivity contribution in [3.63, 3.8) is 0 Å². The number of unbranched alkanes of at least 4 members (excludes halogenated alkanes) is 1. The van der Waals surface area contributed by atoms with Crippen molar-refractivity contribution in [3.8, 4) is 0 Å². The first-order valence-electron chi connectivity index (χ1n) is 34.7. The Morgan fingerprint density at radius 3 is 1.77 bits per heavy atom. The summed E-state index contributed by atoms with van der Waals surface area (Å²) in [6.45, 7) is 15.3. The molecule has 0 aromatic rings. The zero-order chi connectivity index (χ0) is 71.5. The van der Waals surface area contributed by atoms with Crippen molar-refractivity contribution in [1.29, 1.82) is 0 Å². The van der Waals surface area contributed by atoms with Gasteiger partial charge in [0.15, 0.2) is 0 Å². The molecule has 0 bridgehead atoms. The zero-order valence-electron chi connectivity index (χ0n) is 59.7. The first kappa shape index (κ1) is 82.4. The van der Waals surface area contributed by atoms with Crippen LogP contribution in [0.5, 0.6) is 0 Å². The lowest BCUT2D eigenvalue weighted by molar-refractivity contribution is -0.152. The minimum absolute atomic E-state index is 0.0155. The molecule has 4 N–H and O–H groups in total. The SMILES string of the molecule is CCCC[C@@H]1NC(=O)[C@H](CC2CC(I)CCC2Cl)NC(=O)CN(C)C(=O)[C@H](CC2CCC(Cl)CC2)N(C)C(=O)CN(C)C(=O)CN(C)C(=O)[C@H]([C@@H](C)CC)NC(=O)[C@H](CC(C)C)N(C)C(=O)C[C@@H](C(=O)N2CCCCC2)N(C)C(=O)[C@H](CC(C)C)NC(=O)C(C)(C)N(C)C1=O. The van der Waals surface area contributed by atoms with E-state index in [2.05, 4.69) is 43.9 Å². The summed E-state index contributed by atoms with van der Waals surface area (Å²) in [5.41, 5.74) is -1.68. The van der Waals surface area contributed by atoms with Gasteiger partial charge in [-0.05, 0) is 140 Å². The lowest BCUT2D eigenvalue weighted by Gasteiger charge is -2.39. The minimum atomic E-state index is -1.68. The molecule has 2 aliphatic heterocycles. The Morgan fingerprint density at radius 2 is 1.18 bits per heavy atom. The van der Waals surface area contributed by atoms with Crippen molar-refractivity contribution in [2.24, 2.45) is 29.6 Å². The number of likely N-dealkylation sites (tertiary alicyclic amines) is 1. The van der Waals surface area contributed by atoms with Gasteiger partial charge in [0.05, 0.1) is 26.1 Å². The summed E-state index contributed by atoms with van der Waals surface area (Å²) in [5, 5.41) is 11.3. The Kier molecular flexibility index (Phi) is 33.3. The van der Waals surface area contributed by atoms with Crippen LogP contribution in [0, 0.1) is 29.6 Å². The topological polar surface area (TPSA) is 279 Å². The van der Waals surface area contributed by atoms with E-state index in [-0.39, 0.29) is 70.5 Å². The number of halogens is 3. The molecule has 0 aromatic heterocycles. The van der Waals surface area contributed by atoms with E-state index in [9.17, 15) is 47.9 Å². The Hall–Kier alpha value is -5.05. The van der Waals surface area contributed by atoms with Gasteiger partial charge >= 0.3 is 0 Å². The number of hydrogen-bond donors (Lipinski definition) is 4. The van der Waals surface area contributed by atoms with Gasteiger partial charge < -0.3 is 60.5 Å². The summed E-state index contributed by atoms with van der Waals surface area (Å²) in [6, 6.07) is -8.55. The second-order valence-electron chi connectivity index (χ2n) is 28.9. The highest BCUT2D eigenvalue weighted by Crippen LogP contribution is 2.36. The van der Waals surface area contributed by atoms with Crippen LogP contribution in [0.2, 0.25) is 0 Å². The van der Waals surface area contributed by atoms with Crippen LogP contribution < -0.4 is 21.3 Å². The smallest absolute Gasteiger partial charge is 0.246 e. The third-order valence-electron chi connectivity index (χ3n) is 20.1. The number of rotatable bonds is 14. The van der Waals surface area contributed by atoms with Crippen LogP contribution in [0.1, 0.15) is 184 Å². The lowest BCUT2D eigenvalue weighted by atomic mass is 9.84. The molecule has 24 nitrogen and oxygen atoms in total. The summed E-state index contributed by atoms with van der Waals surface area (Å²) in [4.78, 5) is 187. The molecule has 11 atom stereocenters. The molecular formula is C68H115Cl2IN12O12. The summed E-state index contributed by atoms with van der Waals surface area (Å²) < 4.78 is 0.242. The molecule has 27 heteroatoms. The van der Waals surface area contributed by atoms with Crippen molar-refractivity contribution in [3.05, 3.63) is 0 Å². The standard InChI is InChI=1S/C68H115Cl2IN12O12/c1-17-19-23-49-63(91)82(16)68(8,9)67(95)74-51(32-41(3)4)62(90)81(15)54(65(93)83-30-21-20-22-31-83)37-56(85)79(13)52(33-42(5)6)61(89)75-59(43(7)18-2)66(94)78(12)39-57(86)76(10)40-58(87)80(14)53(34-44-24-26-46(69)27-25-44)64(92)77(11)38-55(84)72-50(60(88)73-49)36-45-35-47(71)28-29-48(45)70/h41-54,59H,17-40H2,1-16H3,(H,72,84)(H,73,88)(H,74,95)(H,75,89)/t43-,44?,45?,46?,47?,48?,49-,50-,51-,52-,53-,54-,59-/m0/s1. The number of alkyl halides is 3. The highest BCUT2D eigenvalue weighted by Gasteiger charge is 2.45. The van der Waals surface area contributed by atoms with Gasteiger partial charge in [0.2, 0.25) is 70.9 Å². The fourth-order valence-electron chi connectivity index (χ4n) is 13.1. The molecule has 0 radical (unpaired) electrons. The fourth-order valence-corrected chi connectivity index (χ4v) is 14.7. The summed E-state index contributed by atoms with van der Waals surface area (Å²) >= 11 is 15.8. The largest absolute Gasteiger partial charge is 0.343 e. The number of amides is 12. The maximum Gasteiger partial charge on any atom is 0.246 e. The number of carbonyl (C=O) groups is 12. The van der Waals surface area contributed by atoms with Crippen molar-refractivity contribution < 1.29 is 57.5 Å². The summed E-state index contributed by atoms with van der Waals surface area (Å²) in [7, 11) is 10.0. The van der Waals surface area contributed by atoms with E-state index in [0.29, 0.717) is 83.7 Å². The van der Waals surface area contributed by atoms with Crippen molar-refractivity contribution in [2.75, 3.05) is 82.1 Å². The van der Waals surface area contributed by atoms with E-state index in [1.54, 1.807) is 11.8 Å². The molecule has 540 valence electrons. The molecule has 0 spiro atoms. The third kappa shape index (κ3) is 23.8. The van der Waals surface area contributed by atoms with Crippen LogP contribution in [0.15, 0.2) is 0 Å². The lowest BCUT2D eigenvalue weighted by Crippen LogP contribution is -2.63. The van der Waals surface area contributed by atoms with Crippen molar-refractivity contribution in [2.45, 2.75) is 247 Å². The summed E-state index contributed by atoms with van der Waals surface area (Å²) in [6.07, 6.45) is 8.95. The molecule has 95 heavy (non-hydrogen) atoms. The number of nitrogens with one attached hydrogen (secondary N) is 4. The Bertz CT molecular complexity index is 2660. The van der Waals surface area contributed by atoms with Crippen LogP contribution in [0.25, 0.3) is 0 Å². The Balaban J connectivity index is 1.87. The Morgan fingerprint density at radius 1 is 0.589 bits per heavy atom. The average Bonchev–Trinajstić information content (AvgIpc) is 0.816. The van der Waals surface area contributed by atoms with E-state index in [1.165, 1.54) is 92.6 Å². The number of carbonyl (C=O) groups excluding carboxylic acids is 12. The monoisotopic (exact) mass is 1490 g/mol. The van der Waals surface area contributed by atoms with Crippen molar-refractivity contribution in [1.82, 2.24) is 60.5 Å². The number of piperidine rings is 1. The minimum Gasteiger partial charge on any atom is -0.343 e. The average molecular weight is 1490 g/mol. The van der Waals surface area contributed by atoms with Gasteiger partial charge in [-0.25, -0.2) is 0 Å². The molecule has 2 saturated carbocycles. The molecule has 2 heterocycles. The second kappa shape index (κ2) is 38.3. The molecule has 0 aromatic carbocycles. The molecule has 4 aliphatic rings. The zero-order valence-corrected chi connectivity index (χ0v) is 63.4. The summed E-state index contributed by atoms with van der Waals surface area (Å²) in [5.74, 6) is -8.66. The number of hydrogen-bond acceptors (Lipinski definition) is 12. The van der Waals surface area contributed by atoms with Crippen molar-refractivity contribution >= 4 is 117 Å². The molecule has 3 unspecified atom stereocenters. The van der Waals surface area contributed by atoms with Gasteiger partial charge in [-0.15, -0.1) is 23.2 Å². The molecule has 12 amide bonds. The van der Waals surface area contributed by atoms with E-state index in [4.69, 9.17) is 23.2 Å². The second-order valence-corrected chi connectivity index (χ2v) is 31.9. The highest BCUT2D eigenvalue weighted by atomic mass is 127. The maximum absolute atomic E-state index is 15.2. The fraction of sp³-hybridized carbons (Fsp3) is 0.824. The maximum atomic E-state index is 15.2. The van der Waals surface area contributed by atoms with Gasteiger partial charge in [-0.3, -0.25) is 57.5 Å². The Labute approximate surface area is 589 Å². The van der Waals surface area contributed by atoms with E-state index in [0.717, 1.165) is 17.7 Å². The van der Waals surface area contributed by atoms with Crippen LogP contribution in [0.3, 0.4) is 0 Å². The van der Waals surface area contributed by atoms with Crippen LogP contribution in [-0.4, -0.2) is 255 Å². The first-order chi connectivity index (χ1) is 44.4. The third-order valence-corrected chi connectivity index (χ3v) is 22.2.